The first-order chi connectivity index (χ1) is 8.68. The van der Waals surface area contributed by atoms with E-state index in [0.717, 1.165) is 12.1 Å². The van der Waals surface area contributed by atoms with Crippen LogP contribution in [0, 0.1) is 0 Å². The van der Waals surface area contributed by atoms with Gasteiger partial charge in [-0.25, -0.2) is 0 Å². The Labute approximate surface area is 107 Å². The molecule has 18 heavy (non-hydrogen) atoms. The van der Waals surface area contributed by atoms with E-state index in [4.69, 9.17) is 5.73 Å². The first kappa shape index (κ1) is 10.2. The SMILES string of the molecule is C[C@]12N[C@H](Cc3ccc(N)cc31)c1ccccc12. The molecule has 0 spiro atoms. The minimum atomic E-state index is -0.0791. The Bertz CT molecular complexity index is 647. The number of benzene rings is 2. The summed E-state index contributed by atoms with van der Waals surface area (Å²) in [4.78, 5) is 0. The lowest BCUT2D eigenvalue weighted by atomic mass is 9.82. The molecule has 0 aliphatic carbocycles. The first-order valence-corrected chi connectivity index (χ1v) is 6.44. The summed E-state index contributed by atoms with van der Waals surface area (Å²) >= 11 is 0. The molecule has 0 unspecified atom stereocenters. The van der Waals surface area contributed by atoms with Gasteiger partial charge in [-0.05, 0) is 47.7 Å². The Balaban J connectivity index is 2.04. The van der Waals surface area contributed by atoms with Gasteiger partial charge < -0.3 is 5.73 Å². The fraction of sp³-hybridized carbons (Fsp3) is 0.250. The molecule has 2 heteroatoms. The molecule has 2 atom stereocenters. The van der Waals surface area contributed by atoms with Gasteiger partial charge in [0.2, 0.25) is 0 Å². The predicted octanol–water partition coefficient (Wildman–Crippen LogP) is 2.73. The second-order valence-electron chi connectivity index (χ2n) is 5.53. The van der Waals surface area contributed by atoms with Gasteiger partial charge in [-0.1, -0.05) is 30.3 Å². The van der Waals surface area contributed by atoms with E-state index in [1.54, 1.807) is 0 Å². The van der Waals surface area contributed by atoms with Gasteiger partial charge >= 0.3 is 0 Å². The van der Waals surface area contributed by atoms with E-state index in [9.17, 15) is 0 Å². The number of nitrogen functional groups attached to an aromatic ring is 1. The molecule has 2 aliphatic rings. The molecule has 0 saturated heterocycles. The average molecular weight is 236 g/mol. The second-order valence-corrected chi connectivity index (χ2v) is 5.53. The van der Waals surface area contributed by atoms with Crippen molar-refractivity contribution in [1.29, 1.82) is 0 Å². The molecule has 0 fully saturated rings. The maximum atomic E-state index is 5.96. The van der Waals surface area contributed by atoms with Crippen LogP contribution in [0.2, 0.25) is 0 Å². The van der Waals surface area contributed by atoms with Gasteiger partial charge in [0.15, 0.2) is 0 Å². The van der Waals surface area contributed by atoms with Gasteiger partial charge in [0, 0.05) is 11.7 Å². The summed E-state index contributed by atoms with van der Waals surface area (Å²) in [5.74, 6) is 0. The van der Waals surface area contributed by atoms with Gasteiger partial charge in [-0.15, -0.1) is 0 Å². The summed E-state index contributed by atoms with van der Waals surface area (Å²) in [6, 6.07) is 15.5. The third-order valence-electron chi connectivity index (χ3n) is 4.43. The lowest BCUT2D eigenvalue weighted by molar-refractivity contribution is 0.389. The lowest BCUT2D eigenvalue weighted by Gasteiger charge is -2.34. The van der Waals surface area contributed by atoms with E-state index in [0.29, 0.717) is 6.04 Å². The topological polar surface area (TPSA) is 38.0 Å². The van der Waals surface area contributed by atoms with Crippen molar-refractivity contribution in [1.82, 2.24) is 5.32 Å². The summed E-state index contributed by atoms with van der Waals surface area (Å²) in [6.45, 7) is 2.27. The van der Waals surface area contributed by atoms with Gasteiger partial charge in [0.1, 0.15) is 0 Å². The molecule has 2 aromatic carbocycles. The molecule has 4 rings (SSSR count). The van der Waals surface area contributed by atoms with Gasteiger partial charge in [0.25, 0.3) is 0 Å². The highest BCUT2D eigenvalue weighted by atomic mass is 15.1. The highest BCUT2D eigenvalue weighted by Gasteiger charge is 2.45. The summed E-state index contributed by atoms with van der Waals surface area (Å²) in [7, 11) is 0. The van der Waals surface area contributed by atoms with Crippen LogP contribution >= 0.6 is 0 Å². The van der Waals surface area contributed by atoms with Crippen LogP contribution in [-0.2, 0) is 12.0 Å². The first-order valence-electron chi connectivity index (χ1n) is 6.44. The zero-order chi connectivity index (χ0) is 12.3. The molecule has 0 aromatic heterocycles. The lowest BCUT2D eigenvalue weighted by Crippen LogP contribution is -2.41. The number of hydrogen-bond donors (Lipinski definition) is 2. The number of fused-ring (bicyclic) bond motifs is 7. The highest BCUT2D eigenvalue weighted by Crippen LogP contribution is 2.48. The number of nitrogens with one attached hydrogen (secondary N) is 1. The van der Waals surface area contributed by atoms with Gasteiger partial charge in [-0.3, -0.25) is 5.32 Å². The zero-order valence-electron chi connectivity index (χ0n) is 10.4. The second kappa shape index (κ2) is 3.15. The van der Waals surface area contributed by atoms with Crippen molar-refractivity contribution in [2.75, 3.05) is 5.73 Å². The molecule has 0 saturated carbocycles. The summed E-state index contributed by atoms with van der Waals surface area (Å²) < 4.78 is 0. The van der Waals surface area contributed by atoms with Crippen LogP contribution < -0.4 is 11.1 Å². The molecule has 2 nitrogen and oxygen atoms in total. The van der Waals surface area contributed by atoms with Crippen molar-refractivity contribution in [3.05, 3.63) is 64.7 Å². The van der Waals surface area contributed by atoms with E-state index in [1.807, 2.05) is 6.07 Å². The monoisotopic (exact) mass is 236 g/mol. The van der Waals surface area contributed by atoms with Gasteiger partial charge in [0.05, 0.1) is 5.54 Å². The summed E-state index contributed by atoms with van der Waals surface area (Å²) in [6.07, 6.45) is 1.06. The molecule has 2 bridgehead atoms. The Morgan fingerprint density at radius 3 is 2.89 bits per heavy atom. The third-order valence-corrected chi connectivity index (χ3v) is 4.43. The van der Waals surface area contributed by atoms with Crippen LogP contribution in [0.25, 0.3) is 0 Å². The minimum absolute atomic E-state index is 0.0791. The standard InChI is InChI=1S/C16H16N2/c1-16-13-5-3-2-4-12(13)15(18-16)8-10-6-7-11(17)9-14(10)16/h2-7,9,15,18H,8,17H2,1H3/t15-,16-/m1/s1. The average Bonchev–Trinajstić information content (AvgIpc) is 2.62. The maximum Gasteiger partial charge on any atom is 0.0673 e. The van der Waals surface area contributed by atoms with Crippen molar-refractivity contribution in [3.8, 4) is 0 Å². The molecule has 2 aromatic rings. The summed E-state index contributed by atoms with van der Waals surface area (Å²) in [5, 5.41) is 3.76. The van der Waals surface area contributed by atoms with Crippen LogP contribution in [0.5, 0.6) is 0 Å². The van der Waals surface area contributed by atoms with Crippen LogP contribution in [0.15, 0.2) is 42.5 Å². The van der Waals surface area contributed by atoms with Crippen molar-refractivity contribution in [2.24, 2.45) is 0 Å². The molecule has 0 radical (unpaired) electrons. The fourth-order valence-electron chi connectivity index (χ4n) is 3.60. The smallest absolute Gasteiger partial charge is 0.0673 e. The Kier molecular flexibility index (Phi) is 1.78. The molecule has 90 valence electrons. The van der Waals surface area contributed by atoms with Crippen molar-refractivity contribution in [2.45, 2.75) is 24.9 Å². The number of nitrogens with two attached hydrogens (primary N) is 1. The molecular weight excluding hydrogens is 220 g/mol. The van der Waals surface area contributed by atoms with Gasteiger partial charge in [-0.2, -0.15) is 0 Å². The van der Waals surface area contributed by atoms with E-state index < -0.39 is 0 Å². The normalized spacial score (nSPS) is 27.7. The molecule has 2 aliphatic heterocycles. The van der Waals surface area contributed by atoms with E-state index in [1.165, 1.54) is 22.3 Å². The Morgan fingerprint density at radius 2 is 2.00 bits per heavy atom. The minimum Gasteiger partial charge on any atom is -0.399 e. The van der Waals surface area contributed by atoms with Crippen LogP contribution in [-0.4, -0.2) is 0 Å². The Morgan fingerprint density at radius 1 is 1.17 bits per heavy atom. The number of rotatable bonds is 0. The quantitative estimate of drug-likeness (QED) is 0.690. The largest absolute Gasteiger partial charge is 0.399 e. The fourth-order valence-corrected chi connectivity index (χ4v) is 3.60. The van der Waals surface area contributed by atoms with E-state index in [-0.39, 0.29) is 5.54 Å². The zero-order valence-corrected chi connectivity index (χ0v) is 10.4. The molecular formula is C16H16N2. The van der Waals surface area contributed by atoms with Crippen molar-refractivity contribution >= 4 is 5.69 Å². The van der Waals surface area contributed by atoms with Crippen LogP contribution in [0.3, 0.4) is 0 Å². The van der Waals surface area contributed by atoms with Crippen molar-refractivity contribution < 1.29 is 0 Å². The summed E-state index contributed by atoms with van der Waals surface area (Å²) in [5.41, 5.74) is 12.3. The Hall–Kier alpha value is -1.80. The van der Waals surface area contributed by atoms with Crippen molar-refractivity contribution in [3.63, 3.8) is 0 Å². The molecule has 3 N–H and O–H groups in total. The molecule has 0 amide bonds. The van der Waals surface area contributed by atoms with Crippen LogP contribution in [0.1, 0.15) is 35.2 Å². The number of hydrogen-bond acceptors (Lipinski definition) is 2. The third kappa shape index (κ3) is 1.11. The molecule has 2 heterocycles. The van der Waals surface area contributed by atoms with Crippen LogP contribution in [0.4, 0.5) is 5.69 Å². The predicted molar refractivity (Wildman–Crippen MR) is 73.3 cm³/mol. The van der Waals surface area contributed by atoms with E-state index in [2.05, 4.69) is 48.6 Å². The number of anilines is 1. The van der Waals surface area contributed by atoms with E-state index >= 15 is 0 Å². The maximum absolute atomic E-state index is 5.96. The highest BCUT2D eigenvalue weighted by molar-refractivity contribution is 5.58.